The van der Waals surface area contributed by atoms with Crippen LogP contribution >= 0.6 is 0 Å². The van der Waals surface area contributed by atoms with E-state index in [4.69, 9.17) is 18.8 Å². The van der Waals surface area contributed by atoms with Crippen LogP contribution in [0.3, 0.4) is 0 Å². The van der Waals surface area contributed by atoms with E-state index in [1.54, 1.807) is 12.4 Å². The Balaban J connectivity index is 1.70. The van der Waals surface area contributed by atoms with E-state index in [1.807, 2.05) is 52.8 Å². The number of esters is 1. The second-order valence-electron chi connectivity index (χ2n) is 9.58. The fourth-order valence-corrected chi connectivity index (χ4v) is 4.31. The van der Waals surface area contributed by atoms with Gasteiger partial charge < -0.3 is 18.8 Å². The molecule has 7 heteroatoms. The summed E-state index contributed by atoms with van der Waals surface area (Å²) in [5, 5.41) is 1.82. The third-order valence-corrected chi connectivity index (χ3v) is 6.89. The molecular formula is C24H32BNO5. The SMILES string of the molecule is CCOC(=O)C1(Oc2cncc3ccc(B4OC(C)(C)C(C)(C)O4)cc23)CCCCC1. The van der Waals surface area contributed by atoms with Gasteiger partial charge in [0.05, 0.1) is 24.0 Å². The van der Waals surface area contributed by atoms with Gasteiger partial charge in [-0.1, -0.05) is 24.6 Å². The standard InChI is InChI=1S/C24H32BNO5/c1-6-28-21(27)24(12-8-7-9-13-24)29-20-16-26-15-17-10-11-18(14-19(17)20)25-30-22(2,3)23(4,5)31-25/h10-11,14-16H,6-9,12-13H2,1-5H3. The first-order valence-electron chi connectivity index (χ1n) is 11.3. The third kappa shape index (κ3) is 4.05. The second kappa shape index (κ2) is 8.10. The van der Waals surface area contributed by atoms with Gasteiger partial charge in [0, 0.05) is 17.0 Å². The molecule has 166 valence electrons. The Hall–Kier alpha value is -2.12. The van der Waals surface area contributed by atoms with Gasteiger partial charge in [0.15, 0.2) is 0 Å². The lowest BCUT2D eigenvalue weighted by molar-refractivity contribution is -0.164. The molecule has 0 atom stereocenters. The average molecular weight is 425 g/mol. The lowest BCUT2D eigenvalue weighted by Crippen LogP contribution is -2.47. The first-order chi connectivity index (χ1) is 14.7. The fourth-order valence-electron chi connectivity index (χ4n) is 4.31. The van der Waals surface area contributed by atoms with E-state index in [9.17, 15) is 4.79 Å². The molecular weight excluding hydrogens is 393 g/mol. The van der Waals surface area contributed by atoms with Crippen LogP contribution in [0.15, 0.2) is 30.6 Å². The van der Waals surface area contributed by atoms with Crippen molar-refractivity contribution in [3.05, 3.63) is 30.6 Å². The molecule has 1 aliphatic heterocycles. The predicted molar refractivity (Wildman–Crippen MR) is 121 cm³/mol. The highest BCUT2D eigenvalue weighted by Gasteiger charge is 2.51. The van der Waals surface area contributed by atoms with Gasteiger partial charge in [-0.15, -0.1) is 0 Å². The molecule has 1 aromatic carbocycles. The summed E-state index contributed by atoms with van der Waals surface area (Å²) in [6.07, 6.45) is 7.77. The second-order valence-corrected chi connectivity index (χ2v) is 9.58. The number of hydrogen-bond acceptors (Lipinski definition) is 6. The summed E-state index contributed by atoms with van der Waals surface area (Å²) in [6.45, 7) is 10.3. The average Bonchev–Trinajstić information content (AvgIpc) is 2.96. The molecule has 6 nitrogen and oxygen atoms in total. The van der Waals surface area contributed by atoms with Crippen molar-refractivity contribution in [3.63, 3.8) is 0 Å². The van der Waals surface area contributed by atoms with E-state index in [-0.39, 0.29) is 5.97 Å². The summed E-state index contributed by atoms with van der Waals surface area (Å²) in [5.41, 5.74) is -0.874. The maximum absolute atomic E-state index is 12.9. The van der Waals surface area contributed by atoms with Crippen LogP contribution < -0.4 is 10.2 Å². The van der Waals surface area contributed by atoms with Crippen molar-refractivity contribution in [2.45, 2.75) is 83.5 Å². The highest BCUT2D eigenvalue weighted by molar-refractivity contribution is 6.62. The highest BCUT2D eigenvalue weighted by Crippen LogP contribution is 2.38. The molecule has 4 rings (SSSR count). The number of aromatic nitrogens is 1. The summed E-state index contributed by atoms with van der Waals surface area (Å²) in [6, 6.07) is 6.02. The summed E-state index contributed by atoms with van der Waals surface area (Å²) in [7, 11) is -0.468. The van der Waals surface area contributed by atoms with Gasteiger partial charge in [-0.25, -0.2) is 4.79 Å². The van der Waals surface area contributed by atoms with Crippen LogP contribution in [0.1, 0.15) is 66.7 Å². The molecule has 2 fully saturated rings. The van der Waals surface area contributed by atoms with Crippen molar-refractivity contribution >= 4 is 29.3 Å². The van der Waals surface area contributed by atoms with Crippen LogP contribution in [0.2, 0.25) is 0 Å². The molecule has 31 heavy (non-hydrogen) atoms. The van der Waals surface area contributed by atoms with Gasteiger partial charge in [0.25, 0.3) is 0 Å². The van der Waals surface area contributed by atoms with Gasteiger partial charge >= 0.3 is 13.1 Å². The number of benzene rings is 1. The number of carbonyl (C=O) groups is 1. The van der Waals surface area contributed by atoms with E-state index in [0.29, 0.717) is 25.2 Å². The molecule has 0 unspecified atom stereocenters. The summed E-state index contributed by atoms with van der Waals surface area (Å²) in [5.74, 6) is 0.305. The zero-order valence-electron chi connectivity index (χ0n) is 19.2. The van der Waals surface area contributed by atoms with Gasteiger partial charge in [0.1, 0.15) is 5.75 Å². The molecule has 0 spiro atoms. The molecule has 1 aliphatic carbocycles. The minimum atomic E-state index is -0.954. The minimum Gasteiger partial charge on any atom is -0.473 e. The van der Waals surface area contributed by atoms with Crippen molar-refractivity contribution in [2.24, 2.45) is 0 Å². The van der Waals surface area contributed by atoms with Crippen molar-refractivity contribution in [3.8, 4) is 5.75 Å². The van der Waals surface area contributed by atoms with Gasteiger partial charge in [-0.2, -0.15) is 0 Å². The molecule has 1 aromatic heterocycles. The molecule has 0 amide bonds. The number of fused-ring (bicyclic) bond motifs is 1. The molecule has 0 radical (unpaired) electrons. The monoisotopic (exact) mass is 425 g/mol. The molecule has 2 heterocycles. The number of ether oxygens (including phenoxy) is 2. The fraction of sp³-hybridized carbons (Fsp3) is 0.583. The van der Waals surface area contributed by atoms with Gasteiger partial charge in [-0.3, -0.25) is 4.98 Å². The lowest BCUT2D eigenvalue weighted by Gasteiger charge is -2.35. The van der Waals surface area contributed by atoms with Crippen LogP contribution in [0, 0.1) is 0 Å². The van der Waals surface area contributed by atoms with E-state index >= 15 is 0 Å². The maximum Gasteiger partial charge on any atom is 0.494 e. The van der Waals surface area contributed by atoms with Crippen LogP contribution in [0.25, 0.3) is 10.8 Å². The van der Waals surface area contributed by atoms with E-state index in [0.717, 1.165) is 35.5 Å². The Morgan fingerprint density at radius 2 is 1.74 bits per heavy atom. The first kappa shape index (κ1) is 22.1. The molecule has 2 aliphatic rings. The Morgan fingerprint density at radius 3 is 2.39 bits per heavy atom. The molecule has 2 aromatic rings. The normalized spacial score (nSPS) is 21.8. The smallest absolute Gasteiger partial charge is 0.473 e. The number of hydrogen-bond donors (Lipinski definition) is 0. The Kier molecular flexibility index (Phi) is 5.77. The quantitative estimate of drug-likeness (QED) is 0.529. The van der Waals surface area contributed by atoms with Crippen LogP contribution in [-0.2, 0) is 18.8 Å². The summed E-state index contributed by atoms with van der Waals surface area (Å²) >= 11 is 0. The van der Waals surface area contributed by atoms with Gasteiger partial charge in [0.2, 0.25) is 5.60 Å². The third-order valence-electron chi connectivity index (χ3n) is 6.89. The number of pyridine rings is 1. The zero-order valence-corrected chi connectivity index (χ0v) is 19.2. The van der Waals surface area contributed by atoms with Crippen LogP contribution in [-0.4, -0.2) is 41.5 Å². The Bertz CT molecular complexity index is 952. The van der Waals surface area contributed by atoms with E-state index < -0.39 is 23.9 Å². The van der Waals surface area contributed by atoms with E-state index in [2.05, 4.69) is 4.98 Å². The van der Waals surface area contributed by atoms with Crippen LogP contribution in [0.4, 0.5) is 0 Å². The lowest BCUT2D eigenvalue weighted by atomic mass is 9.78. The number of rotatable bonds is 5. The van der Waals surface area contributed by atoms with Crippen molar-refractivity contribution in [2.75, 3.05) is 6.61 Å². The highest BCUT2D eigenvalue weighted by atomic mass is 16.7. The topological polar surface area (TPSA) is 66.9 Å². The van der Waals surface area contributed by atoms with Crippen molar-refractivity contribution in [1.29, 1.82) is 0 Å². The van der Waals surface area contributed by atoms with E-state index in [1.165, 1.54) is 0 Å². The predicted octanol–water partition coefficient (Wildman–Crippen LogP) is 4.18. The molecule has 0 bridgehead atoms. The molecule has 1 saturated carbocycles. The molecule has 0 N–H and O–H groups in total. The summed E-state index contributed by atoms with van der Waals surface area (Å²) < 4.78 is 24.3. The van der Waals surface area contributed by atoms with Crippen molar-refractivity contribution in [1.82, 2.24) is 4.98 Å². The first-order valence-corrected chi connectivity index (χ1v) is 11.3. The Labute approximate surface area is 184 Å². The Morgan fingerprint density at radius 1 is 1.06 bits per heavy atom. The minimum absolute atomic E-state index is 0.284. The van der Waals surface area contributed by atoms with Crippen molar-refractivity contribution < 1.29 is 23.6 Å². The number of carbonyl (C=O) groups excluding carboxylic acids is 1. The number of nitrogens with zero attached hydrogens (tertiary/aromatic N) is 1. The summed E-state index contributed by atoms with van der Waals surface area (Å²) in [4.78, 5) is 17.2. The maximum atomic E-state index is 12.9. The largest absolute Gasteiger partial charge is 0.494 e. The van der Waals surface area contributed by atoms with Gasteiger partial charge in [-0.05, 0) is 65.8 Å². The van der Waals surface area contributed by atoms with Crippen LogP contribution in [0.5, 0.6) is 5.75 Å². The zero-order chi connectivity index (χ0) is 22.3. The molecule has 1 saturated heterocycles.